The minimum Gasteiger partial charge on any atom is -0.306 e. The molecule has 1 aromatic heterocycles. The molecule has 0 amide bonds. The molecule has 52 valence electrons. The van der Waals surface area contributed by atoms with Crippen molar-refractivity contribution in [1.82, 2.24) is 10.3 Å². The lowest BCUT2D eigenvalue weighted by Gasteiger charge is -2.01. The van der Waals surface area contributed by atoms with Gasteiger partial charge in [-0.3, -0.25) is 4.98 Å². The Kier molecular flexibility index (Phi) is 1.21. The van der Waals surface area contributed by atoms with Crippen molar-refractivity contribution >= 4 is 0 Å². The van der Waals surface area contributed by atoms with Crippen LogP contribution < -0.4 is 5.32 Å². The summed E-state index contributed by atoms with van der Waals surface area (Å²) in [6.07, 6.45) is 3.79. The molecule has 2 heteroatoms. The van der Waals surface area contributed by atoms with Crippen molar-refractivity contribution in [2.75, 3.05) is 0 Å². The van der Waals surface area contributed by atoms with E-state index in [0.29, 0.717) is 6.04 Å². The predicted molar refractivity (Wildman–Crippen MR) is 39.5 cm³/mol. The summed E-state index contributed by atoms with van der Waals surface area (Å²) in [6.45, 7) is 3.15. The number of nitrogens with zero attached hydrogens (tertiary/aromatic N) is 1. The number of fused-ring (bicyclic) bond motifs is 1. The Morgan fingerprint density at radius 2 is 2.60 bits per heavy atom. The van der Waals surface area contributed by atoms with Gasteiger partial charge in [0.2, 0.25) is 0 Å². The van der Waals surface area contributed by atoms with Crippen LogP contribution in [0.1, 0.15) is 24.1 Å². The molecule has 1 aromatic rings. The molecule has 1 aliphatic rings. The van der Waals surface area contributed by atoms with Crippen LogP contribution in [0.3, 0.4) is 0 Å². The van der Waals surface area contributed by atoms with Gasteiger partial charge in [-0.2, -0.15) is 0 Å². The summed E-state index contributed by atoms with van der Waals surface area (Å²) in [5, 5.41) is 3.34. The van der Waals surface area contributed by atoms with Gasteiger partial charge in [-0.15, -0.1) is 0 Å². The molecule has 1 N–H and O–H groups in total. The zero-order valence-electron chi connectivity index (χ0n) is 5.96. The first-order valence-corrected chi connectivity index (χ1v) is 3.54. The van der Waals surface area contributed by atoms with Gasteiger partial charge in [-0.05, 0) is 24.1 Å². The van der Waals surface area contributed by atoms with E-state index in [1.807, 2.05) is 12.4 Å². The highest BCUT2D eigenvalue weighted by atomic mass is 14.9. The quantitative estimate of drug-likeness (QED) is 0.577. The zero-order chi connectivity index (χ0) is 6.97. The number of rotatable bonds is 0. The molecule has 1 atom stereocenters. The predicted octanol–water partition coefficient (Wildman–Crippen LogP) is 1.25. The Bertz CT molecular complexity index is 245. The maximum atomic E-state index is 4.05. The second-order valence-electron chi connectivity index (χ2n) is 2.68. The highest BCUT2D eigenvalue weighted by Gasteiger charge is 2.15. The molecule has 0 saturated heterocycles. The lowest BCUT2D eigenvalue weighted by Crippen LogP contribution is -2.06. The molecule has 0 aliphatic carbocycles. The van der Waals surface area contributed by atoms with E-state index in [2.05, 4.69) is 23.3 Å². The second-order valence-corrected chi connectivity index (χ2v) is 2.68. The van der Waals surface area contributed by atoms with Crippen LogP contribution in [-0.4, -0.2) is 4.98 Å². The van der Waals surface area contributed by atoms with Crippen LogP contribution in [-0.2, 0) is 6.54 Å². The van der Waals surface area contributed by atoms with Crippen molar-refractivity contribution in [2.45, 2.75) is 19.5 Å². The first-order valence-electron chi connectivity index (χ1n) is 3.54. The van der Waals surface area contributed by atoms with E-state index in [0.717, 1.165) is 6.54 Å². The highest BCUT2D eigenvalue weighted by molar-refractivity contribution is 5.29. The summed E-state index contributed by atoms with van der Waals surface area (Å²) in [5.74, 6) is 0. The van der Waals surface area contributed by atoms with Crippen LogP contribution in [0.5, 0.6) is 0 Å². The van der Waals surface area contributed by atoms with Crippen molar-refractivity contribution in [3.8, 4) is 0 Å². The third-order valence-electron chi connectivity index (χ3n) is 2.01. The van der Waals surface area contributed by atoms with Gasteiger partial charge in [0.05, 0.1) is 0 Å². The Morgan fingerprint density at radius 3 is 3.40 bits per heavy atom. The first-order chi connectivity index (χ1) is 4.88. The molecule has 10 heavy (non-hydrogen) atoms. The van der Waals surface area contributed by atoms with Gasteiger partial charge in [-0.1, -0.05) is 0 Å². The Hall–Kier alpha value is -0.890. The fourth-order valence-electron chi connectivity index (χ4n) is 1.38. The van der Waals surface area contributed by atoms with Gasteiger partial charge < -0.3 is 5.32 Å². The molecular weight excluding hydrogens is 124 g/mol. The van der Waals surface area contributed by atoms with Crippen molar-refractivity contribution < 1.29 is 0 Å². The highest BCUT2D eigenvalue weighted by Crippen LogP contribution is 2.22. The standard InChI is InChI=1S/C8H10N2/c1-6-8-2-3-9-4-7(8)5-10-6/h2-4,6,10H,5H2,1H3. The molecule has 0 bridgehead atoms. The fraction of sp³-hybridized carbons (Fsp3) is 0.375. The van der Waals surface area contributed by atoms with Gasteiger partial charge in [0, 0.05) is 25.0 Å². The molecule has 0 radical (unpaired) electrons. The monoisotopic (exact) mass is 134 g/mol. The van der Waals surface area contributed by atoms with E-state index in [-0.39, 0.29) is 0 Å². The lowest BCUT2D eigenvalue weighted by atomic mass is 10.1. The smallest absolute Gasteiger partial charge is 0.0316 e. The molecular formula is C8H10N2. The van der Waals surface area contributed by atoms with Crippen LogP contribution in [0, 0.1) is 0 Å². The van der Waals surface area contributed by atoms with Gasteiger partial charge in [0.25, 0.3) is 0 Å². The van der Waals surface area contributed by atoms with Crippen LogP contribution in [0.4, 0.5) is 0 Å². The molecule has 0 saturated carbocycles. The molecule has 0 spiro atoms. The van der Waals surface area contributed by atoms with Gasteiger partial charge in [-0.25, -0.2) is 0 Å². The zero-order valence-corrected chi connectivity index (χ0v) is 5.96. The maximum Gasteiger partial charge on any atom is 0.0316 e. The molecule has 2 heterocycles. The summed E-state index contributed by atoms with van der Waals surface area (Å²) in [4.78, 5) is 4.05. The minimum atomic E-state index is 0.512. The third kappa shape index (κ3) is 0.727. The molecule has 2 rings (SSSR count). The van der Waals surface area contributed by atoms with Crippen LogP contribution >= 0.6 is 0 Å². The summed E-state index contributed by atoms with van der Waals surface area (Å²) < 4.78 is 0. The average Bonchev–Trinajstić information content (AvgIpc) is 2.34. The summed E-state index contributed by atoms with van der Waals surface area (Å²) in [6, 6.07) is 2.60. The first kappa shape index (κ1) is 5.86. The number of hydrogen-bond donors (Lipinski definition) is 1. The van der Waals surface area contributed by atoms with E-state index in [1.165, 1.54) is 11.1 Å². The maximum absolute atomic E-state index is 4.05. The molecule has 2 nitrogen and oxygen atoms in total. The topological polar surface area (TPSA) is 24.9 Å². The van der Waals surface area contributed by atoms with E-state index in [1.54, 1.807) is 0 Å². The van der Waals surface area contributed by atoms with Crippen molar-refractivity contribution in [3.63, 3.8) is 0 Å². The summed E-state index contributed by atoms with van der Waals surface area (Å²) in [7, 11) is 0. The number of hydrogen-bond acceptors (Lipinski definition) is 2. The van der Waals surface area contributed by atoms with Crippen LogP contribution in [0.2, 0.25) is 0 Å². The summed E-state index contributed by atoms with van der Waals surface area (Å²) >= 11 is 0. The van der Waals surface area contributed by atoms with E-state index < -0.39 is 0 Å². The van der Waals surface area contributed by atoms with Gasteiger partial charge >= 0.3 is 0 Å². The van der Waals surface area contributed by atoms with E-state index in [9.17, 15) is 0 Å². The normalized spacial score (nSPS) is 22.7. The van der Waals surface area contributed by atoms with Crippen molar-refractivity contribution in [3.05, 3.63) is 29.6 Å². The Morgan fingerprint density at radius 1 is 1.70 bits per heavy atom. The third-order valence-corrected chi connectivity index (χ3v) is 2.01. The molecule has 1 aliphatic heterocycles. The van der Waals surface area contributed by atoms with E-state index >= 15 is 0 Å². The minimum absolute atomic E-state index is 0.512. The van der Waals surface area contributed by atoms with Crippen molar-refractivity contribution in [1.29, 1.82) is 0 Å². The number of aromatic nitrogens is 1. The molecule has 0 aromatic carbocycles. The van der Waals surface area contributed by atoms with Crippen LogP contribution in [0.15, 0.2) is 18.5 Å². The number of pyridine rings is 1. The van der Waals surface area contributed by atoms with Crippen LogP contribution in [0.25, 0.3) is 0 Å². The molecule has 0 fully saturated rings. The Balaban J connectivity index is 2.51. The van der Waals surface area contributed by atoms with Gasteiger partial charge in [0.1, 0.15) is 0 Å². The summed E-state index contributed by atoms with van der Waals surface area (Å²) in [5.41, 5.74) is 2.74. The lowest BCUT2D eigenvalue weighted by molar-refractivity contribution is 0.633. The second kappa shape index (κ2) is 2.06. The number of nitrogens with one attached hydrogen (secondary N) is 1. The van der Waals surface area contributed by atoms with Crippen molar-refractivity contribution in [2.24, 2.45) is 0 Å². The fourth-order valence-corrected chi connectivity index (χ4v) is 1.38. The largest absolute Gasteiger partial charge is 0.306 e. The van der Waals surface area contributed by atoms with E-state index in [4.69, 9.17) is 0 Å². The van der Waals surface area contributed by atoms with Gasteiger partial charge in [0.15, 0.2) is 0 Å². The molecule has 1 unspecified atom stereocenters. The SMILES string of the molecule is CC1NCc2cnccc21. The Labute approximate surface area is 60.3 Å². The average molecular weight is 134 g/mol.